The molecule has 0 rings (SSSR count). The smallest absolute Gasteiger partial charge is 0.0701 e. The van der Waals surface area contributed by atoms with Crippen molar-refractivity contribution in [1.29, 1.82) is 0 Å². The predicted molar refractivity (Wildman–Crippen MR) is 119 cm³/mol. The summed E-state index contributed by atoms with van der Waals surface area (Å²) in [6, 6.07) is 0. The van der Waals surface area contributed by atoms with E-state index < -0.39 is 0 Å². The minimum absolute atomic E-state index is 0.714. The first-order valence-electron chi connectivity index (χ1n) is 11.4. The molecule has 6 heteroatoms. The number of likely N-dealkylation sites (N-methyl/N-ethyl adjacent to an activating group) is 1. The predicted octanol–water partition coefficient (Wildman–Crippen LogP) is 3.64. The number of rotatable bonds is 22. The molecule has 0 aromatic rings. The third-order valence-corrected chi connectivity index (χ3v) is 3.95. The Balaban J connectivity index is 0. The lowest BCUT2D eigenvalue weighted by molar-refractivity contribution is 0.0482. The number of nitrogens with one attached hydrogen (secondary N) is 2. The van der Waals surface area contributed by atoms with Crippen LogP contribution in [0.1, 0.15) is 65.2 Å². The van der Waals surface area contributed by atoms with Crippen LogP contribution >= 0.6 is 0 Å². The minimum atomic E-state index is 0.714. The topological polar surface area (TPSA) is 61.0 Å². The maximum Gasteiger partial charge on any atom is 0.0701 e. The van der Waals surface area contributed by atoms with Gasteiger partial charge in [0.2, 0.25) is 0 Å². The first-order chi connectivity index (χ1) is 13.8. The van der Waals surface area contributed by atoms with Crippen molar-refractivity contribution in [3.8, 4) is 0 Å². The largest absolute Gasteiger partial charge is 0.381 e. The second-order valence-corrected chi connectivity index (χ2v) is 6.78. The molecule has 0 unspecified atom stereocenters. The Kier molecular flexibility index (Phi) is 33.7. The highest BCUT2D eigenvalue weighted by molar-refractivity contribution is 4.42. The standard InChI is InChI=1S/C13H29NO2.C9H21NO2/c1-3-4-5-10-15-11-6-7-12-16-13-8-9-14-2;1-3-4-6-11-8-9-12-7-5-10-2/h14H,3-13H2,1-2H3;10H,3-9H2,1-2H3. The third-order valence-electron chi connectivity index (χ3n) is 3.95. The third kappa shape index (κ3) is 33.4. The van der Waals surface area contributed by atoms with Crippen LogP contribution in [-0.2, 0) is 18.9 Å². The molecule has 0 aliphatic rings. The normalized spacial score (nSPS) is 10.7. The molecule has 0 atom stereocenters. The highest BCUT2D eigenvalue weighted by Crippen LogP contribution is 1.97. The molecule has 0 aliphatic carbocycles. The van der Waals surface area contributed by atoms with E-state index in [0.29, 0.717) is 6.61 Å². The van der Waals surface area contributed by atoms with Crippen molar-refractivity contribution in [3.05, 3.63) is 0 Å². The van der Waals surface area contributed by atoms with E-state index in [0.717, 1.165) is 85.0 Å². The fourth-order valence-electron chi connectivity index (χ4n) is 2.16. The van der Waals surface area contributed by atoms with Crippen molar-refractivity contribution in [3.63, 3.8) is 0 Å². The summed E-state index contributed by atoms with van der Waals surface area (Å²) in [6.45, 7) is 13.0. The molecule has 0 saturated heterocycles. The second-order valence-electron chi connectivity index (χ2n) is 6.78. The Hall–Kier alpha value is -0.240. The van der Waals surface area contributed by atoms with Gasteiger partial charge in [-0.1, -0.05) is 33.1 Å². The zero-order chi connectivity index (χ0) is 21.0. The Morgan fingerprint density at radius 2 is 0.857 bits per heavy atom. The van der Waals surface area contributed by atoms with Gasteiger partial charge in [0.05, 0.1) is 19.8 Å². The molecule has 0 amide bonds. The van der Waals surface area contributed by atoms with Gasteiger partial charge >= 0.3 is 0 Å². The van der Waals surface area contributed by atoms with Crippen molar-refractivity contribution in [1.82, 2.24) is 10.6 Å². The Morgan fingerprint density at radius 3 is 1.39 bits per heavy atom. The van der Waals surface area contributed by atoms with Crippen LogP contribution in [0.3, 0.4) is 0 Å². The number of hydrogen-bond donors (Lipinski definition) is 2. The summed E-state index contributed by atoms with van der Waals surface area (Å²) in [5, 5.41) is 6.12. The molecule has 6 nitrogen and oxygen atoms in total. The van der Waals surface area contributed by atoms with Gasteiger partial charge < -0.3 is 29.6 Å². The summed E-state index contributed by atoms with van der Waals surface area (Å²) in [6.07, 6.45) is 9.45. The Morgan fingerprint density at radius 1 is 0.429 bits per heavy atom. The van der Waals surface area contributed by atoms with Crippen molar-refractivity contribution < 1.29 is 18.9 Å². The van der Waals surface area contributed by atoms with E-state index in [9.17, 15) is 0 Å². The maximum absolute atomic E-state index is 5.52. The van der Waals surface area contributed by atoms with Gasteiger partial charge in [-0.15, -0.1) is 0 Å². The molecule has 0 spiro atoms. The fourth-order valence-corrected chi connectivity index (χ4v) is 2.16. The van der Waals surface area contributed by atoms with E-state index >= 15 is 0 Å². The molecule has 0 saturated carbocycles. The van der Waals surface area contributed by atoms with E-state index in [-0.39, 0.29) is 0 Å². The lowest BCUT2D eigenvalue weighted by Crippen LogP contribution is -2.16. The number of hydrogen-bond acceptors (Lipinski definition) is 6. The quantitative estimate of drug-likeness (QED) is 0.268. The summed E-state index contributed by atoms with van der Waals surface area (Å²) in [5.41, 5.74) is 0. The van der Waals surface area contributed by atoms with Crippen molar-refractivity contribution in [2.75, 3.05) is 80.0 Å². The molecule has 28 heavy (non-hydrogen) atoms. The van der Waals surface area contributed by atoms with Gasteiger partial charge in [-0.2, -0.15) is 0 Å². The average Bonchev–Trinajstić information content (AvgIpc) is 2.71. The lowest BCUT2D eigenvalue weighted by Gasteiger charge is -2.05. The monoisotopic (exact) mass is 406 g/mol. The average molecular weight is 407 g/mol. The van der Waals surface area contributed by atoms with E-state index in [2.05, 4.69) is 24.5 Å². The van der Waals surface area contributed by atoms with Crippen LogP contribution < -0.4 is 10.6 Å². The van der Waals surface area contributed by atoms with Crippen LogP contribution in [-0.4, -0.2) is 80.0 Å². The Labute approximate surface area is 175 Å². The molecule has 0 aliphatic heterocycles. The summed E-state index contributed by atoms with van der Waals surface area (Å²) < 4.78 is 21.6. The van der Waals surface area contributed by atoms with Crippen LogP contribution in [0.4, 0.5) is 0 Å². The summed E-state index contributed by atoms with van der Waals surface area (Å²) >= 11 is 0. The van der Waals surface area contributed by atoms with Gasteiger partial charge in [0, 0.05) is 39.6 Å². The Bertz CT molecular complexity index is 223. The van der Waals surface area contributed by atoms with Gasteiger partial charge in [-0.05, 0) is 52.7 Å². The molecule has 0 fully saturated rings. The molecular weight excluding hydrogens is 356 g/mol. The van der Waals surface area contributed by atoms with Crippen molar-refractivity contribution in [2.45, 2.75) is 65.2 Å². The lowest BCUT2D eigenvalue weighted by atomic mass is 10.3. The van der Waals surface area contributed by atoms with Gasteiger partial charge in [0.1, 0.15) is 0 Å². The zero-order valence-corrected chi connectivity index (χ0v) is 19.4. The fraction of sp³-hybridized carbons (Fsp3) is 1.00. The van der Waals surface area contributed by atoms with Crippen molar-refractivity contribution in [2.24, 2.45) is 0 Å². The number of ether oxygens (including phenoxy) is 4. The molecule has 0 aromatic carbocycles. The van der Waals surface area contributed by atoms with Crippen LogP contribution in [0, 0.1) is 0 Å². The highest BCUT2D eigenvalue weighted by atomic mass is 16.5. The molecule has 0 bridgehead atoms. The molecular formula is C22H50N2O4. The van der Waals surface area contributed by atoms with E-state index in [1.807, 2.05) is 14.1 Å². The van der Waals surface area contributed by atoms with Crippen molar-refractivity contribution >= 4 is 0 Å². The molecule has 172 valence electrons. The van der Waals surface area contributed by atoms with E-state index in [4.69, 9.17) is 18.9 Å². The van der Waals surface area contributed by atoms with Gasteiger partial charge in [-0.3, -0.25) is 0 Å². The molecule has 0 radical (unpaired) electrons. The van der Waals surface area contributed by atoms with Crippen LogP contribution in [0.5, 0.6) is 0 Å². The van der Waals surface area contributed by atoms with E-state index in [1.165, 1.54) is 25.7 Å². The van der Waals surface area contributed by atoms with Gasteiger partial charge in [-0.25, -0.2) is 0 Å². The first kappa shape index (κ1) is 30.0. The van der Waals surface area contributed by atoms with E-state index in [1.54, 1.807) is 0 Å². The van der Waals surface area contributed by atoms with Crippen LogP contribution in [0.2, 0.25) is 0 Å². The summed E-state index contributed by atoms with van der Waals surface area (Å²) in [4.78, 5) is 0. The molecule has 2 N–H and O–H groups in total. The first-order valence-corrected chi connectivity index (χ1v) is 11.4. The molecule has 0 heterocycles. The summed E-state index contributed by atoms with van der Waals surface area (Å²) in [5.74, 6) is 0. The second kappa shape index (κ2) is 31.5. The zero-order valence-electron chi connectivity index (χ0n) is 19.4. The van der Waals surface area contributed by atoms with Crippen LogP contribution in [0.25, 0.3) is 0 Å². The maximum atomic E-state index is 5.52. The molecule has 0 aromatic heterocycles. The summed E-state index contributed by atoms with van der Waals surface area (Å²) in [7, 11) is 3.89. The number of unbranched alkanes of at least 4 members (excludes halogenated alkanes) is 4. The highest BCUT2D eigenvalue weighted by Gasteiger charge is 1.92. The van der Waals surface area contributed by atoms with Gasteiger partial charge in [0.25, 0.3) is 0 Å². The SMILES string of the molecule is CCCCCOCCCCOCCCNC.CCCCOCCOCCNC. The van der Waals surface area contributed by atoms with Crippen LogP contribution in [0.15, 0.2) is 0 Å². The van der Waals surface area contributed by atoms with Gasteiger partial charge in [0.15, 0.2) is 0 Å². The minimum Gasteiger partial charge on any atom is -0.381 e.